The number of carboxylic acids is 2. The summed E-state index contributed by atoms with van der Waals surface area (Å²) in [5.41, 5.74) is 5.52. The van der Waals surface area contributed by atoms with Crippen LogP contribution in [0.15, 0.2) is 24.3 Å². The molecule has 0 aliphatic rings. The Balaban J connectivity index is 2.74. The molecule has 1 aromatic rings. The number of carbonyl (C=O) groups excluding carboxylic acids is 3. The highest BCUT2D eigenvalue weighted by Crippen LogP contribution is 2.19. The quantitative estimate of drug-likeness (QED) is 0.122. The minimum atomic E-state index is -1.31. The normalized spacial score (nSPS) is 12.4. The van der Waals surface area contributed by atoms with Gasteiger partial charge in [0.25, 0.3) is 0 Å². The number of carbonyl (C=O) groups is 5. The first kappa shape index (κ1) is 26.6. The molecule has 0 aliphatic heterocycles. The average Bonchev–Trinajstić information content (AvgIpc) is 2.72. The van der Waals surface area contributed by atoms with Gasteiger partial charge in [0, 0.05) is 15.7 Å². The number of hydrogen-bond donors (Lipinski definition) is 6. The van der Waals surface area contributed by atoms with Crippen LogP contribution in [0.25, 0.3) is 0 Å². The summed E-state index contributed by atoms with van der Waals surface area (Å²) in [4.78, 5) is 57.8. The largest absolute Gasteiger partial charge is 0.480 e. The van der Waals surface area contributed by atoms with E-state index in [1.165, 1.54) is 12.1 Å². The Bertz CT molecular complexity index is 823. The Morgan fingerprint density at radius 3 is 2.29 bits per heavy atom. The number of nitrogens with one attached hydrogen (secondary N) is 2. The zero-order valence-electron chi connectivity index (χ0n) is 16.0. The predicted molar refractivity (Wildman–Crippen MR) is 119 cm³/mol. The van der Waals surface area contributed by atoms with Crippen LogP contribution in [0.2, 0.25) is 0 Å². The summed E-state index contributed by atoms with van der Waals surface area (Å²) in [6, 6.07) is 3.77. The number of halogens is 1. The topological polar surface area (TPSA) is 199 Å². The molecule has 0 saturated heterocycles. The minimum Gasteiger partial charge on any atom is -0.480 e. The third-order valence-corrected chi connectivity index (χ3v) is 5.32. The van der Waals surface area contributed by atoms with Gasteiger partial charge in [-0.05, 0) is 53.3 Å². The van der Waals surface area contributed by atoms with Crippen LogP contribution in [0.5, 0.6) is 0 Å². The lowest BCUT2D eigenvalue weighted by Gasteiger charge is -2.19. The van der Waals surface area contributed by atoms with Crippen LogP contribution < -0.4 is 21.4 Å². The molecule has 0 radical (unpaired) electrons. The van der Waals surface area contributed by atoms with Crippen LogP contribution in [0.4, 0.5) is 10.5 Å². The van der Waals surface area contributed by atoms with Crippen molar-refractivity contribution in [1.29, 1.82) is 0 Å². The molecule has 0 bridgehead atoms. The van der Waals surface area contributed by atoms with E-state index in [0.717, 1.165) is 3.57 Å². The summed E-state index contributed by atoms with van der Waals surface area (Å²) in [5, 5.41) is 31.4. The average molecular weight is 568 g/mol. The molecule has 3 amide bonds. The monoisotopic (exact) mass is 568 g/mol. The number of hydroxylamine groups is 1. The van der Waals surface area contributed by atoms with Gasteiger partial charge in [-0.2, -0.15) is 5.06 Å². The van der Waals surface area contributed by atoms with E-state index in [4.69, 9.17) is 15.9 Å². The molecule has 7 N–H and O–H groups in total. The molecule has 0 saturated carbocycles. The van der Waals surface area contributed by atoms with Crippen LogP contribution in [-0.4, -0.2) is 68.8 Å². The zero-order chi connectivity index (χ0) is 23.6. The molecular formula is C17H21IN4O8S. The highest BCUT2D eigenvalue weighted by atomic mass is 127. The van der Waals surface area contributed by atoms with Crippen LogP contribution in [0, 0.1) is 3.57 Å². The minimum absolute atomic E-state index is 0.187. The first-order valence-corrected chi connectivity index (χ1v) is 10.8. The number of hydrogen-bond acceptors (Lipinski definition) is 8. The molecule has 0 spiro atoms. The smallest absolute Gasteiger partial charge is 0.322 e. The van der Waals surface area contributed by atoms with E-state index < -0.39 is 47.6 Å². The lowest BCUT2D eigenvalue weighted by molar-refractivity contribution is -0.139. The maximum Gasteiger partial charge on any atom is 0.322 e. The van der Waals surface area contributed by atoms with Crippen molar-refractivity contribution in [3.63, 3.8) is 0 Å². The van der Waals surface area contributed by atoms with Crippen molar-refractivity contribution in [3.05, 3.63) is 27.8 Å². The van der Waals surface area contributed by atoms with E-state index in [-0.39, 0.29) is 24.3 Å². The lowest BCUT2D eigenvalue weighted by atomic mass is 10.1. The number of amides is 3. The van der Waals surface area contributed by atoms with E-state index in [9.17, 15) is 29.2 Å². The first-order chi connectivity index (χ1) is 14.5. The number of carboxylic acid groups (broad SMARTS) is 2. The van der Waals surface area contributed by atoms with Gasteiger partial charge in [-0.1, -0.05) is 11.8 Å². The van der Waals surface area contributed by atoms with Gasteiger partial charge >= 0.3 is 17.2 Å². The van der Waals surface area contributed by atoms with Crippen molar-refractivity contribution in [1.82, 2.24) is 10.6 Å². The lowest BCUT2D eigenvalue weighted by Crippen LogP contribution is -2.50. The molecule has 1 rings (SSSR count). The van der Waals surface area contributed by atoms with Gasteiger partial charge in [0.15, 0.2) is 0 Å². The van der Waals surface area contributed by atoms with E-state index in [0.29, 0.717) is 16.8 Å². The number of anilines is 1. The number of aliphatic carboxylic acids is 2. The van der Waals surface area contributed by atoms with Gasteiger partial charge in [0.1, 0.15) is 18.6 Å². The fourth-order valence-corrected chi connectivity index (χ4v) is 3.18. The molecule has 31 heavy (non-hydrogen) atoms. The number of benzene rings is 1. The van der Waals surface area contributed by atoms with Gasteiger partial charge in [0.05, 0.1) is 5.69 Å². The molecule has 0 fully saturated rings. The number of rotatable bonds is 11. The highest BCUT2D eigenvalue weighted by Gasteiger charge is 2.25. The van der Waals surface area contributed by atoms with E-state index >= 15 is 0 Å². The number of nitrogens with zero attached hydrogens (tertiary/aromatic N) is 1. The predicted octanol–water partition coefficient (Wildman–Crippen LogP) is 0.218. The van der Waals surface area contributed by atoms with Gasteiger partial charge in [0.2, 0.25) is 11.8 Å². The van der Waals surface area contributed by atoms with Gasteiger partial charge in [-0.3, -0.25) is 29.2 Å². The summed E-state index contributed by atoms with van der Waals surface area (Å²) in [7, 11) is 0. The summed E-state index contributed by atoms with van der Waals surface area (Å²) in [5.74, 6) is -4.49. The molecule has 2 atom stereocenters. The summed E-state index contributed by atoms with van der Waals surface area (Å²) in [6.45, 7) is -0.706. The number of thioether (sulfide) groups is 1. The van der Waals surface area contributed by atoms with E-state index in [2.05, 4.69) is 33.2 Å². The Morgan fingerprint density at radius 1 is 1.13 bits per heavy atom. The molecule has 14 heteroatoms. The summed E-state index contributed by atoms with van der Waals surface area (Å²) >= 11 is 2.57. The van der Waals surface area contributed by atoms with E-state index in [1.807, 2.05) is 0 Å². The Hall–Kier alpha value is -2.43. The summed E-state index contributed by atoms with van der Waals surface area (Å²) < 4.78 is 0.885. The van der Waals surface area contributed by atoms with Crippen molar-refractivity contribution in [3.8, 4) is 0 Å². The van der Waals surface area contributed by atoms with Crippen molar-refractivity contribution in [2.45, 2.75) is 24.9 Å². The van der Waals surface area contributed by atoms with Crippen LogP contribution >= 0.6 is 34.4 Å². The molecule has 0 aromatic heterocycles. The fourth-order valence-electron chi connectivity index (χ4n) is 2.05. The molecule has 0 aliphatic carbocycles. The van der Waals surface area contributed by atoms with Gasteiger partial charge in [-0.25, -0.2) is 0 Å². The van der Waals surface area contributed by atoms with Crippen LogP contribution in [0.1, 0.15) is 12.8 Å². The Kier molecular flexibility index (Phi) is 11.2. The Morgan fingerprint density at radius 2 is 1.74 bits per heavy atom. The first-order valence-electron chi connectivity index (χ1n) is 8.69. The van der Waals surface area contributed by atoms with Gasteiger partial charge < -0.3 is 26.6 Å². The van der Waals surface area contributed by atoms with Crippen molar-refractivity contribution in [2.24, 2.45) is 5.73 Å². The third-order valence-electron chi connectivity index (χ3n) is 3.68. The highest BCUT2D eigenvalue weighted by molar-refractivity contribution is 14.1. The third kappa shape index (κ3) is 9.95. The summed E-state index contributed by atoms with van der Waals surface area (Å²) in [6.07, 6.45) is -0.489. The van der Waals surface area contributed by atoms with Crippen LogP contribution in [0.3, 0.4) is 0 Å². The maximum atomic E-state index is 12.2. The second-order valence-corrected chi connectivity index (χ2v) is 8.30. The van der Waals surface area contributed by atoms with E-state index in [1.54, 1.807) is 12.1 Å². The van der Waals surface area contributed by atoms with Crippen molar-refractivity contribution in [2.75, 3.05) is 17.4 Å². The van der Waals surface area contributed by atoms with Gasteiger partial charge in [-0.15, -0.1) is 0 Å². The standard InChI is InChI=1S/C17H21IN4O8S/c18-9-1-3-10(4-2-9)22(30)17(29)31-8-12(15(26)20-7-14(24)25)21-13(23)6-5-11(19)16(27)28/h1-4,11-12,30H,5-8,19H2,(H,20,26)(H,21,23)(H,24,25)(H,27,28)/t11-,12-/m0/s1. The second kappa shape index (κ2) is 13.1. The molecule has 0 heterocycles. The van der Waals surface area contributed by atoms with Crippen LogP contribution in [-0.2, 0) is 19.2 Å². The molecule has 0 unspecified atom stereocenters. The Labute approximate surface area is 194 Å². The second-order valence-electron chi connectivity index (χ2n) is 6.08. The number of nitrogens with two attached hydrogens (primary N) is 1. The zero-order valence-corrected chi connectivity index (χ0v) is 19.0. The molecular weight excluding hydrogens is 547 g/mol. The SMILES string of the molecule is N[C@@H](CCC(=O)N[C@@H](CSC(=O)N(O)c1ccc(I)cc1)C(=O)NCC(=O)O)C(=O)O. The molecule has 170 valence electrons. The molecule has 12 nitrogen and oxygen atoms in total. The van der Waals surface area contributed by atoms with Crippen molar-refractivity contribution >= 4 is 69.0 Å². The maximum absolute atomic E-state index is 12.2. The van der Waals surface area contributed by atoms with Crippen molar-refractivity contribution < 1.29 is 39.4 Å². The fraction of sp³-hybridized carbons (Fsp3) is 0.353. The molecule has 1 aromatic carbocycles.